The number of nitrogens with zero attached hydrogens (tertiary/aromatic N) is 1. The Kier molecular flexibility index (Phi) is 2.11. The van der Waals surface area contributed by atoms with Crippen LogP contribution >= 0.6 is 35.0 Å². The topological polar surface area (TPSA) is 12.5 Å². The fraction of sp³-hybridized carbons (Fsp3) is 0. The molecule has 50 valence electrons. The molecule has 0 saturated heterocycles. The molecule has 1 aliphatic heterocycles. The summed E-state index contributed by atoms with van der Waals surface area (Å²) in [6, 6.07) is 0. The quantitative estimate of drug-likeness (QED) is 0.539. The molecule has 0 radical (unpaired) electrons. The first-order chi connectivity index (χ1) is 4.18. The van der Waals surface area contributed by atoms with Gasteiger partial charge in [0.05, 0.1) is 12.4 Å². The van der Waals surface area contributed by atoms with Crippen LogP contribution in [0.25, 0.3) is 0 Å². The van der Waals surface area contributed by atoms with Crippen molar-refractivity contribution in [3.63, 3.8) is 0 Å². The molecule has 1 rings (SSSR count). The van der Waals surface area contributed by atoms with Crippen molar-refractivity contribution in [2.24, 2.45) is 0 Å². The Morgan fingerprint density at radius 2 is 1.67 bits per heavy atom. The fourth-order valence-corrected chi connectivity index (χ4v) is 1.07. The molecule has 0 aromatic carbocycles. The molecule has 0 amide bonds. The van der Waals surface area contributed by atoms with Gasteiger partial charge in [0.1, 0.15) is 0 Å². The summed E-state index contributed by atoms with van der Waals surface area (Å²) < 4.78 is 5.87. The first-order valence-electron chi connectivity index (χ1n) is 2.05. The maximum Gasteiger partial charge on any atom is 0.212 e. The summed E-state index contributed by atoms with van der Waals surface area (Å²) in [7, 11) is 0. The largest absolute Gasteiger partial charge is 0.430 e. The van der Waals surface area contributed by atoms with Crippen molar-refractivity contribution in [3.05, 3.63) is 22.8 Å². The van der Waals surface area contributed by atoms with E-state index < -0.39 is 0 Å². The van der Waals surface area contributed by atoms with Gasteiger partial charge in [-0.15, -0.1) is 0 Å². The van der Waals surface area contributed by atoms with E-state index in [1.807, 2.05) is 0 Å². The third-order valence-electron chi connectivity index (χ3n) is 0.645. The molecular formula is C4H2Cl3NO. The summed E-state index contributed by atoms with van der Waals surface area (Å²) in [5.74, 6) is 0. The van der Waals surface area contributed by atoms with Crippen LogP contribution in [0.2, 0.25) is 0 Å². The van der Waals surface area contributed by atoms with E-state index in [2.05, 4.69) is 4.74 Å². The van der Waals surface area contributed by atoms with E-state index in [0.29, 0.717) is 0 Å². The molecule has 0 aliphatic carbocycles. The highest BCUT2D eigenvalue weighted by Gasteiger charge is 2.06. The summed E-state index contributed by atoms with van der Waals surface area (Å²) in [6.45, 7) is 0. The van der Waals surface area contributed by atoms with Gasteiger partial charge in [-0.1, -0.05) is 0 Å². The van der Waals surface area contributed by atoms with Crippen LogP contribution in [0.5, 0.6) is 0 Å². The second kappa shape index (κ2) is 2.69. The van der Waals surface area contributed by atoms with Crippen molar-refractivity contribution in [2.45, 2.75) is 0 Å². The van der Waals surface area contributed by atoms with E-state index in [1.54, 1.807) is 0 Å². The van der Waals surface area contributed by atoms with Crippen molar-refractivity contribution in [2.75, 3.05) is 0 Å². The summed E-state index contributed by atoms with van der Waals surface area (Å²) in [5.41, 5.74) is 0. The van der Waals surface area contributed by atoms with Gasteiger partial charge in [0.15, 0.2) is 0 Å². The molecular weight excluding hydrogens is 184 g/mol. The lowest BCUT2D eigenvalue weighted by molar-refractivity contribution is 0.342. The molecule has 2 nitrogen and oxygen atoms in total. The molecule has 0 saturated carbocycles. The van der Waals surface area contributed by atoms with Gasteiger partial charge in [-0.2, -0.15) is 0 Å². The SMILES string of the molecule is ClC1=CN(Cl)C=C(Cl)O1. The molecule has 0 aromatic rings. The summed E-state index contributed by atoms with van der Waals surface area (Å²) in [5, 5.41) is 0.301. The van der Waals surface area contributed by atoms with Crippen LogP contribution in [0, 0.1) is 0 Å². The average molecular weight is 186 g/mol. The number of rotatable bonds is 0. The van der Waals surface area contributed by atoms with Gasteiger partial charge in [-0.05, 0) is 23.2 Å². The average Bonchev–Trinajstić information content (AvgIpc) is 1.59. The first kappa shape index (κ1) is 7.06. The van der Waals surface area contributed by atoms with Gasteiger partial charge in [0.25, 0.3) is 0 Å². The minimum atomic E-state index is 0.150. The smallest absolute Gasteiger partial charge is 0.212 e. The second-order valence-corrected chi connectivity index (χ2v) is 2.45. The van der Waals surface area contributed by atoms with E-state index in [1.165, 1.54) is 16.8 Å². The molecule has 1 aliphatic rings. The lowest BCUT2D eigenvalue weighted by atomic mass is 10.8. The Morgan fingerprint density at radius 3 is 2.00 bits per heavy atom. The van der Waals surface area contributed by atoms with Crippen LogP contribution in [0.1, 0.15) is 0 Å². The van der Waals surface area contributed by atoms with E-state index in [0.717, 1.165) is 0 Å². The van der Waals surface area contributed by atoms with E-state index in [-0.39, 0.29) is 10.4 Å². The molecule has 5 heteroatoms. The Bertz CT molecular complexity index is 159. The van der Waals surface area contributed by atoms with E-state index in [9.17, 15) is 0 Å². The summed E-state index contributed by atoms with van der Waals surface area (Å²) in [6.07, 6.45) is 2.77. The molecule has 0 aromatic heterocycles. The van der Waals surface area contributed by atoms with Crippen LogP contribution in [0.3, 0.4) is 0 Å². The molecule has 0 bridgehead atoms. The third-order valence-corrected chi connectivity index (χ3v) is 1.19. The number of hydrogen-bond acceptors (Lipinski definition) is 2. The highest BCUT2D eigenvalue weighted by molar-refractivity contribution is 6.32. The van der Waals surface area contributed by atoms with Crippen LogP contribution in [0.15, 0.2) is 22.8 Å². The predicted molar refractivity (Wildman–Crippen MR) is 36.6 cm³/mol. The summed E-state index contributed by atoms with van der Waals surface area (Å²) >= 11 is 16.2. The third kappa shape index (κ3) is 1.97. The molecule has 9 heavy (non-hydrogen) atoms. The van der Waals surface area contributed by atoms with E-state index in [4.69, 9.17) is 35.0 Å². The Balaban J connectivity index is 2.69. The van der Waals surface area contributed by atoms with Crippen LogP contribution in [-0.2, 0) is 4.74 Å². The maximum atomic E-state index is 5.44. The van der Waals surface area contributed by atoms with Gasteiger partial charge in [-0.25, -0.2) is 0 Å². The Morgan fingerprint density at radius 1 is 1.22 bits per heavy atom. The number of halogens is 3. The van der Waals surface area contributed by atoms with Crippen LogP contribution < -0.4 is 0 Å². The Hall–Kier alpha value is -0.0500. The van der Waals surface area contributed by atoms with Gasteiger partial charge >= 0.3 is 0 Å². The van der Waals surface area contributed by atoms with Crippen molar-refractivity contribution in [1.82, 2.24) is 4.42 Å². The zero-order valence-corrected chi connectivity index (χ0v) is 6.41. The molecule has 0 N–H and O–H groups in total. The van der Waals surface area contributed by atoms with Crippen molar-refractivity contribution in [1.29, 1.82) is 0 Å². The van der Waals surface area contributed by atoms with Crippen LogP contribution in [0.4, 0.5) is 0 Å². The molecule has 1 heterocycles. The monoisotopic (exact) mass is 185 g/mol. The lowest BCUT2D eigenvalue weighted by Gasteiger charge is -2.12. The minimum Gasteiger partial charge on any atom is -0.430 e. The predicted octanol–water partition coefficient (Wildman–Crippen LogP) is 2.55. The van der Waals surface area contributed by atoms with Gasteiger partial charge < -0.3 is 4.74 Å². The van der Waals surface area contributed by atoms with Crippen molar-refractivity contribution < 1.29 is 4.74 Å². The van der Waals surface area contributed by atoms with Crippen molar-refractivity contribution in [3.8, 4) is 0 Å². The van der Waals surface area contributed by atoms with Crippen molar-refractivity contribution >= 4 is 35.0 Å². The first-order valence-corrected chi connectivity index (χ1v) is 3.14. The summed E-state index contributed by atoms with van der Waals surface area (Å²) in [4.78, 5) is 0. The molecule has 0 unspecified atom stereocenters. The standard InChI is InChI=1S/C4H2Cl3NO/c5-3-1-8(7)2-4(6)9-3/h1-2H. The zero-order valence-electron chi connectivity index (χ0n) is 4.14. The lowest BCUT2D eigenvalue weighted by Crippen LogP contribution is -2.01. The second-order valence-electron chi connectivity index (χ2n) is 1.31. The minimum absolute atomic E-state index is 0.150. The molecule has 0 atom stereocenters. The fourth-order valence-electron chi connectivity index (χ4n) is 0.377. The normalized spacial score (nSPS) is 18.3. The molecule has 0 fully saturated rings. The zero-order chi connectivity index (χ0) is 6.85. The molecule has 0 spiro atoms. The van der Waals surface area contributed by atoms with Gasteiger partial charge in [0, 0.05) is 11.8 Å². The number of ether oxygens (including phenoxy) is 1. The highest BCUT2D eigenvalue weighted by atomic mass is 35.5. The number of hydrogen-bond donors (Lipinski definition) is 0. The highest BCUT2D eigenvalue weighted by Crippen LogP contribution is 2.21. The van der Waals surface area contributed by atoms with Gasteiger partial charge in [-0.3, -0.25) is 4.42 Å². The van der Waals surface area contributed by atoms with Gasteiger partial charge in [0.2, 0.25) is 10.4 Å². The van der Waals surface area contributed by atoms with E-state index >= 15 is 0 Å². The maximum absolute atomic E-state index is 5.44. The van der Waals surface area contributed by atoms with Crippen LogP contribution in [-0.4, -0.2) is 4.42 Å². The Labute approximate surface area is 67.3 Å².